The summed E-state index contributed by atoms with van der Waals surface area (Å²) < 4.78 is 33.0. The minimum atomic E-state index is -3.58. The lowest BCUT2D eigenvalue weighted by molar-refractivity contribution is -0.146. The molecular formula is C13H21N3O4S. The molecule has 0 amide bonds. The zero-order valence-electron chi connectivity index (χ0n) is 12.6. The van der Waals surface area contributed by atoms with Gasteiger partial charge in [0.05, 0.1) is 13.0 Å². The number of sulfonamides is 1. The number of methoxy groups -OCH3 is 1. The summed E-state index contributed by atoms with van der Waals surface area (Å²) in [5.41, 5.74) is 0. The van der Waals surface area contributed by atoms with Gasteiger partial charge in [0.15, 0.2) is 5.03 Å². The van der Waals surface area contributed by atoms with Crippen molar-refractivity contribution in [2.24, 2.45) is 5.92 Å². The molecule has 0 radical (unpaired) electrons. The molecule has 1 aromatic rings. The Balaban J connectivity index is 2.12. The monoisotopic (exact) mass is 315 g/mol. The SMILES string of the molecule is CCn1cc(S(=O)(=O)N2CCC(C(=O)OC)CC2)nc1C. The van der Waals surface area contributed by atoms with Gasteiger partial charge in [0, 0.05) is 25.8 Å². The van der Waals surface area contributed by atoms with Crippen LogP contribution in [-0.4, -0.2) is 48.4 Å². The van der Waals surface area contributed by atoms with Crippen molar-refractivity contribution in [3.05, 3.63) is 12.0 Å². The first-order valence-corrected chi connectivity index (χ1v) is 8.46. The predicted octanol–water partition coefficient (Wildman–Crippen LogP) is 0.785. The molecule has 1 saturated heterocycles. The van der Waals surface area contributed by atoms with Crippen molar-refractivity contribution in [2.45, 2.75) is 38.3 Å². The minimum Gasteiger partial charge on any atom is -0.469 e. The zero-order chi connectivity index (χ0) is 15.6. The number of aromatic nitrogens is 2. The normalized spacial score (nSPS) is 17.9. The summed E-state index contributed by atoms with van der Waals surface area (Å²) in [6.07, 6.45) is 2.54. The van der Waals surface area contributed by atoms with Crippen molar-refractivity contribution >= 4 is 16.0 Å². The number of hydrogen-bond donors (Lipinski definition) is 0. The maximum atomic E-state index is 12.5. The zero-order valence-corrected chi connectivity index (χ0v) is 13.4. The standard InChI is InChI=1S/C13H21N3O4S/c1-4-15-9-12(14-10(15)2)21(18,19)16-7-5-11(6-8-16)13(17)20-3/h9,11H,4-8H2,1-3H3. The number of imidazole rings is 1. The van der Waals surface area contributed by atoms with Crippen LogP contribution in [0.2, 0.25) is 0 Å². The number of rotatable bonds is 4. The van der Waals surface area contributed by atoms with Crippen LogP contribution in [0.4, 0.5) is 0 Å². The Kier molecular flexibility index (Phi) is 4.67. The van der Waals surface area contributed by atoms with Gasteiger partial charge in [0.2, 0.25) is 0 Å². The number of piperidine rings is 1. The van der Waals surface area contributed by atoms with Crippen molar-refractivity contribution in [3.8, 4) is 0 Å². The maximum Gasteiger partial charge on any atom is 0.308 e. The van der Waals surface area contributed by atoms with E-state index in [1.165, 1.54) is 11.4 Å². The molecule has 118 valence electrons. The average molecular weight is 315 g/mol. The fourth-order valence-corrected chi connectivity index (χ4v) is 4.02. The van der Waals surface area contributed by atoms with Gasteiger partial charge in [-0.25, -0.2) is 13.4 Å². The molecule has 0 saturated carbocycles. The van der Waals surface area contributed by atoms with Gasteiger partial charge in [-0.3, -0.25) is 4.79 Å². The molecule has 0 atom stereocenters. The molecule has 2 heterocycles. The number of ether oxygens (including phenoxy) is 1. The van der Waals surface area contributed by atoms with Gasteiger partial charge >= 0.3 is 5.97 Å². The van der Waals surface area contributed by atoms with Crippen LogP contribution in [0.15, 0.2) is 11.2 Å². The summed E-state index contributed by atoms with van der Waals surface area (Å²) in [5.74, 6) is 0.204. The molecule has 0 unspecified atom stereocenters. The molecule has 0 aromatic carbocycles. The molecule has 1 fully saturated rings. The Morgan fingerprint density at radius 2 is 2.05 bits per heavy atom. The molecule has 1 aliphatic rings. The van der Waals surface area contributed by atoms with Gasteiger partial charge in [-0.2, -0.15) is 4.31 Å². The maximum absolute atomic E-state index is 12.5. The number of carbonyl (C=O) groups is 1. The lowest BCUT2D eigenvalue weighted by atomic mass is 9.99. The van der Waals surface area contributed by atoms with E-state index in [2.05, 4.69) is 4.98 Å². The van der Waals surface area contributed by atoms with Crippen LogP contribution in [0.5, 0.6) is 0 Å². The van der Waals surface area contributed by atoms with Crippen molar-refractivity contribution in [3.63, 3.8) is 0 Å². The Bertz CT molecular complexity index is 615. The van der Waals surface area contributed by atoms with E-state index in [4.69, 9.17) is 4.74 Å². The van der Waals surface area contributed by atoms with E-state index < -0.39 is 10.0 Å². The molecule has 7 nitrogen and oxygen atoms in total. The number of esters is 1. The average Bonchev–Trinajstić information content (AvgIpc) is 2.88. The lowest BCUT2D eigenvalue weighted by Gasteiger charge is -2.29. The van der Waals surface area contributed by atoms with E-state index in [1.54, 1.807) is 17.7 Å². The van der Waals surface area contributed by atoms with E-state index >= 15 is 0 Å². The van der Waals surface area contributed by atoms with Crippen LogP contribution < -0.4 is 0 Å². The van der Waals surface area contributed by atoms with E-state index in [0.29, 0.717) is 38.3 Å². The van der Waals surface area contributed by atoms with Crippen LogP contribution in [-0.2, 0) is 26.1 Å². The highest BCUT2D eigenvalue weighted by atomic mass is 32.2. The summed E-state index contributed by atoms with van der Waals surface area (Å²) in [4.78, 5) is 15.6. The molecule has 0 aliphatic carbocycles. The van der Waals surface area contributed by atoms with Gasteiger partial charge in [-0.15, -0.1) is 0 Å². The minimum absolute atomic E-state index is 0.0818. The van der Waals surface area contributed by atoms with Gasteiger partial charge in [0.25, 0.3) is 10.0 Å². The van der Waals surface area contributed by atoms with Gasteiger partial charge in [-0.05, 0) is 26.7 Å². The summed E-state index contributed by atoms with van der Waals surface area (Å²) in [5, 5.41) is 0.0818. The molecule has 0 N–H and O–H groups in total. The van der Waals surface area contributed by atoms with E-state index in [-0.39, 0.29) is 16.9 Å². The topological polar surface area (TPSA) is 81.5 Å². The third kappa shape index (κ3) is 3.11. The molecule has 8 heteroatoms. The van der Waals surface area contributed by atoms with Crippen LogP contribution in [0.3, 0.4) is 0 Å². The fourth-order valence-electron chi connectivity index (χ4n) is 2.55. The van der Waals surface area contributed by atoms with Crippen molar-refractivity contribution in [2.75, 3.05) is 20.2 Å². The number of hydrogen-bond acceptors (Lipinski definition) is 5. The molecule has 2 rings (SSSR count). The highest BCUT2D eigenvalue weighted by molar-refractivity contribution is 7.89. The van der Waals surface area contributed by atoms with Crippen molar-refractivity contribution < 1.29 is 17.9 Å². The Morgan fingerprint density at radius 3 is 2.52 bits per heavy atom. The second-order valence-corrected chi connectivity index (χ2v) is 7.00. The summed E-state index contributed by atoms with van der Waals surface area (Å²) in [7, 11) is -2.23. The third-order valence-corrected chi connectivity index (χ3v) is 5.66. The molecule has 0 spiro atoms. The Hall–Kier alpha value is -1.41. The molecular weight excluding hydrogens is 294 g/mol. The third-order valence-electron chi connectivity index (χ3n) is 3.89. The first-order chi connectivity index (χ1) is 9.90. The van der Waals surface area contributed by atoms with Gasteiger partial charge in [0.1, 0.15) is 5.82 Å². The smallest absolute Gasteiger partial charge is 0.308 e. The van der Waals surface area contributed by atoms with Crippen LogP contribution in [0.25, 0.3) is 0 Å². The highest BCUT2D eigenvalue weighted by Gasteiger charge is 2.33. The van der Waals surface area contributed by atoms with E-state index in [9.17, 15) is 13.2 Å². The summed E-state index contributed by atoms with van der Waals surface area (Å²) in [6.45, 7) is 5.04. The number of nitrogens with zero attached hydrogens (tertiary/aromatic N) is 3. The van der Waals surface area contributed by atoms with Crippen LogP contribution >= 0.6 is 0 Å². The van der Waals surface area contributed by atoms with Crippen molar-refractivity contribution in [1.29, 1.82) is 0 Å². The second-order valence-electron chi connectivity index (χ2n) is 5.11. The van der Waals surface area contributed by atoms with Crippen molar-refractivity contribution in [1.82, 2.24) is 13.9 Å². The molecule has 21 heavy (non-hydrogen) atoms. The lowest BCUT2D eigenvalue weighted by Crippen LogP contribution is -2.40. The van der Waals surface area contributed by atoms with E-state index in [1.807, 2.05) is 6.92 Å². The summed E-state index contributed by atoms with van der Waals surface area (Å²) >= 11 is 0. The largest absolute Gasteiger partial charge is 0.469 e. The van der Waals surface area contributed by atoms with Crippen LogP contribution in [0.1, 0.15) is 25.6 Å². The number of carbonyl (C=O) groups excluding carboxylic acids is 1. The number of aryl methyl sites for hydroxylation is 2. The molecule has 1 aliphatic heterocycles. The Labute approximate surface area is 125 Å². The first-order valence-electron chi connectivity index (χ1n) is 7.02. The highest BCUT2D eigenvalue weighted by Crippen LogP contribution is 2.24. The van der Waals surface area contributed by atoms with E-state index in [0.717, 1.165) is 0 Å². The van der Waals surface area contributed by atoms with Gasteiger partial charge in [-0.1, -0.05) is 0 Å². The summed E-state index contributed by atoms with van der Waals surface area (Å²) in [6, 6.07) is 0. The second kappa shape index (κ2) is 6.15. The first kappa shape index (κ1) is 16.0. The fraction of sp³-hybridized carbons (Fsp3) is 0.692. The predicted molar refractivity (Wildman–Crippen MR) is 76.1 cm³/mol. The molecule has 0 bridgehead atoms. The van der Waals surface area contributed by atoms with Crippen LogP contribution in [0, 0.1) is 12.8 Å². The Morgan fingerprint density at radius 1 is 1.43 bits per heavy atom. The van der Waals surface area contributed by atoms with Gasteiger partial charge < -0.3 is 9.30 Å². The molecule has 1 aromatic heterocycles. The quantitative estimate of drug-likeness (QED) is 0.767.